The van der Waals surface area contributed by atoms with Crippen molar-refractivity contribution >= 4 is 160 Å². The quantitative estimate of drug-likeness (QED) is 0.0292. The average Bonchev–Trinajstić information content (AvgIpc) is 1.67. The van der Waals surface area contributed by atoms with Gasteiger partial charge >= 0.3 is 14.0 Å². The Labute approximate surface area is 902 Å². The van der Waals surface area contributed by atoms with Gasteiger partial charge in [-0.3, -0.25) is 32.9 Å². The van der Waals surface area contributed by atoms with Crippen LogP contribution in [0.5, 0.6) is 5.75 Å². The maximum atomic E-state index is 15.1. The van der Waals surface area contributed by atoms with Gasteiger partial charge in [0.15, 0.2) is 37.8 Å². The highest BCUT2D eigenvalue weighted by Gasteiger charge is 2.65. The van der Waals surface area contributed by atoms with E-state index in [1.165, 1.54) is 61.1 Å². The van der Waals surface area contributed by atoms with Crippen molar-refractivity contribution in [1.29, 1.82) is 0 Å². The first-order valence-electron chi connectivity index (χ1n) is 48.3. The number of rotatable bonds is 21. The second-order valence-electron chi connectivity index (χ2n) is 41.9. The molecule has 10 atom stereocenters. The molecule has 0 spiro atoms. The van der Waals surface area contributed by atoms with Crippen LogP contribution >= 0.6 is 82.6 Å². The van der Waals surface area contributed by atoms with Crippen LogP contribution in [-0.4, -0.2) is 236 Å². The van der Waals surface area contributed by atoms with Crippen molar-refractivity contribution in [1.82, 2.24) is 63.7 Å². The van der Waals surface area contributed by atoms with Gasteiger partial charge in [-0.15, -0.1) is 53.8 Å². The number of carbonyl (C=O) groups is 3. The van der Waals surface area contributed by atoms with Crippen LogP contribution in [-0.2, 0) is 53.4 Å². The number of nitrogens with zero attached hydrogens (tertiary/aromatic N) is 15. The van der Waals surface area contributed by atoms with Crippen molar-refractivity contribution in [2.24, 2.45) is 0 Å². The predicted molar refractivity (Wildman–Crippen MR) is 584 cm³/mol. The maximum absolute atomic E-state index is 15.1. The molecule has 9 aliphatic rings. The number of aromatic nitrogens is 10. The highest BCUT2D eigenvalue weighted by molar-refractivity contribution is 9.10. The molecule has 0 amide bonds. The van der Waals surface area contributed by atoms with Crippen molar-refractivity contribution in [3.8, 4) is 50.5 Å². The van der Waals surface area contributed by atoms with Gasteiger partial charge in [0.2, 0.25) is 5.56 Å². The fraction of sp³-hybridized carbons (Fsp3) is 0.500. The third kappa shape index (κ3) is 27.1. The molecule has 0 saturated carbocycles. The summed E-state index contributed by atoms with van der Waals surface area (Å²) in [4.78, 5) is 94.5. The van der Waals surface area contributed by atoms with E-state index in [2.05, 4.69) is 161 Å². The average molecular weight is 2300 g/mol. The smallest absolute Gasteiger partial charge is 0.488 e. The number of fused-ring (bicyclic) bond motifs is 6. The van der Waals surface area contributed by atoms with E-state index < -0.39 is 68.9 Å². The Morgan fingerprint density at radius 3 is 1.11 bits per heavy atom. The molecular weight excluding hydrogens is 2170 g/mol. The lowest BCUT2D eigenvalue weighted by Crippen LogP contribution is -2.62. The Morgan fingerprint density at radius 2 is 0.797 bits per heavy atom. The minimum atomic E-state index is -1.18. The number of carbonyl (C=O) groups excluding carboxylic acids is 3. The van der Waals surface area contributed by atoms with E-state index in [1.807, 2.05) is 108 Å². The van der Waals surface area contributed by atoms with Crippen molar-refractivity contribution in [3.05, 3.63) is 224 Å². The summed E-state index contributed by atoms with van der Waals surface area (Å²) in [6.45, 7) is 30.6. The third-order valence-corrected chi connectivity index (χ3v) is 32.0. The van der Waals surface area contributed by atoms with Crippen molar-refractivity contribution < 1.29 is 68.8 Å². The van der Waals surface area contributed by atoms with Crippen molar-refractivity contribution in [3.63, 3.8) is 0 Å². The highest BCUT2D eigenvalue weighted by atomic mass is 79.9. The first kappa shape index (κ1) is 119. The zero-order valence-corrected chi connectivity index (χ0v) is 93.5. The van der Waals surface area contributed by atoms with E-state index in [4.69, 9.17) is 53.4 Å². The largest absolute Gasteiger partial charge is 0.507 e. The normalized spacial score (nSPS) is 24.9. The van der Waals surface area contributed by atoms with Gasteiger partial charge in [0, 0.05) is 159 Å². The molecular formula is C102H125B5Br3Cl3F7N16O12. The molecule has 8 saturated heterocycles. The molecule has 791 valence electrons. The van der Waals surface area contributed by atoms with Gasteiger partial charge in [-0.1, -0.05) is 59.4 Å². The number of aryl methyl sites for hydroxylation is 1. The van der Waals surface area contributed by atoms with Crippen molar-refractivity contribution in [2.75, 3.05) is 46.8 Å². The van der Waals surface area contributed by atoms with Gasteiger partial charge in [-0.2, -0.15) is 0 Å². The molecule has 9 aromatic rings. The number of hydrogen-bond donors (Lipinski definition) is 2. The van der Waals surface area contributed by atoms with Gasteiger partial charge in [-0.05, 0) is 307 Å². The lowest BCUT2D eigenvalue weighted by Gasteiger charge is -2.52. The monoisotopic (exact) mass is 2300 g/mol. The first-order chi connectivity index (χ1) is 69.6. The van der Waals surface area contributed by atoms with Crippen LogP contribution in [0, 0.1) is 18.6 Å². The Hall–Kier alpha value is -8.97. The van der Waals surface area contributed by atoms with Gasteiger partial charge in [-0.25, -0.2) is 30.7 Å². The fourth-order valence-corrected chi connectivity index (χ4v) is 22.1. The van der Waals surface area contributed by atoms with Crippen LogP contribution in [0.1, 0.15) is 199 Å². The molecule has 8 fully saturated rings. The number of aromatic hydroxyl groups is 1. The number of aromatic amines is 1. The summed E-state index contributed by atoms with van der Waals surface area (Å²) in [5.41, 5.74) is 1.96. The van der Waals surface area contributed by atoms with E-state index in [-0.39, 0.29) is 124 Å². The Kier molecular flexibility index (Phi) is 39.8. The number of pyridine rings is 4. The summed E-state index contributed by atoms with van der Waals surface area (Å²) in [5, 5.41) is 37.5. The number of anilines is 3. The number of hydrogen-bond acceptors (Lipinski definition) is 24. The SMILES string of the molecule is CC1(C)OB(B2OC(C)(C)C(C)(C)O2)OC1(C)C.CC1=C(c2ccc(N(C)C3C[C@]4(C)CC[C@](C)(C3)N4[B]C=O)nn2)CC(F)C(Cl)=C1.CN(c1ccc(-c2cc(F)c(-c3ccn(CF)c(=O)c3)cc2O)nn1)C1C[C@]2(C)CC[C@](C)(C1)N2[B]C=O.Cc1cc(-c2ccn(CF)c(=O)c2)c(F)cc1-c1ccc(N(C)C2C[C@]3(C)CC[C@](C)(C2)N3[B]C=O)nn1.ClCCl.FCBr.O=c1cc(Br)cc[nH]1.O=c1cc(Br)ccn1CF. The minimum Gasteiger partial charge on any atom is -0.507 e. The molecule has 6 bridgehead atoms. The molecule has 148 heavy (non-hydrogen) atoms. The number of allylic oxidation sites excluding steroid dienone is 4. The summed E-state index contributed by atoms with van der Waals surface area (Å²) >= 11 is 24.2. The number of halogens is 13. The molecule has 15 heterocycles. The predicted octanol–water partition coefficient (Wildman–Crippen LogP) is 19.9. The van der Waals surface area contributed by atoms with Crippen LogP contribution in [0.3, 0.4) is 0 Å². The van der Waals surface area contributed by atoms with Gasteiger partial charge in [0.1, 0.15) is 29.1 Å². The summed E-state index contributed by atoms with van der Waals surface area (Å²) in [5.74, 6) is 0.825. The van der Waals surface area contributed by atoms with Crippen LogP contribution in [0.25, 0.3) is 50.3 Å². The number of piperidine rings is 3. The number of nitrogens with one attached hydrogen (secondary N) is 1. The second kappa shape index (κ2) is 49.4. The lowest BCUT2D eigenvalue weighted by molar-refractivity contribution is 0.00578. The Morgan fingerprint density at radius 1 is 0.473 bits per heavy atom. The summed E-state index contributed by atoms with van der Waals surface area (Å²) in [7, 11) is 10.2. The van der Waals surface area contributed by atoms with E-state index in [0.29, 0.717) is 44.5 Å². The summed E-state index contributed by atoms with van der Waals surface area (Å²) < 4.78 is 120. The molecule has 2 aromatic carbocycles. The maximum Gasteiger partial charge on any atom is 0.488 e. The Bertz CT molecular complexity index is 6170. The van der Waals surface area contributed by atoms with E-state index in [0.717, 1.165) is 154 Å². The molecule has 2 N–H and O–H groups in total. The number of H-pyrrole nitrogens is 1. The first-order valence-corrected chi connectivity index (χ1v) is 52.5. The molecule has 46 heteroatoms. The van der Waals surface area contributed by atoms with Gasteiger partial charge < -0.3 is 72.2 Å². The second-order valence-corrected chi connectivity index (χ2v) is 45.4. The number of phenolic OH excluding ortho intramolecular Hbond substituents is 1. The lowest BCUT2D eigenvalue weighted by atomic mass is 9.49. The molecule has 28 nitrogen and oxygen atoms in total. The molecule has 7 aromatic heterocycles. The number of benzene rings is 2. The number of phenols is 1. The Balaban J connectivity index is 0.000000177. The van der Waals surface area contributed by atoms with E-state index >= 15 is 8.78 Å². The van der Waals surface area contributed by atoms with Gasteiger partial charge in [0.25, 0.3) is 38.9 Å². The van der Waals surface area contributed by atoms with Crippen LogP contribution in [0.2, 0.25) is 0 Å². The van der Waals surface area contributed by atoms with Crippen molar-refractivity contribution in [2.45, 2.75) is 295 Å². The topological polar surface area (TPSA) is 304 Å². The van der Waals surface area contributed by atoms with Crippen LogP contribution in [0.4, 0.5) is 48.2 Å². The molecule has 4 unspecified atom stereocenters. The molecule has 3 radical (unpaired) electrons. The highest BCUT2D eigenvalue weighted by Crippen LogP contribution is 2.55. The summed E-state index contributed by atoms with van der Waals surface area (Å²) in [6, 6.07) is 28.8. The van der Waals surface area contributed by atoms with Crippen LogP contribution < -0.4 is 36.9 Å². The molecule has 18 rings (SSSR count). The van der Waals surface area contributed by atoms with Gasteiger partial charge in [0.05, 0.1) is 68.4 Å². The molecule has 8 aliphatic heterocycles. The zero-order chi connectivity index (χ0) is 109. The van der Waals surface area contributed by atoms with Crippen LogP contribution in [0.15, 0.2) is 179 Å². The third-order valence-electron chi connectivity index (χ3n) is 30.7. The summed E-state index contributed by atoms with van der Waals surface area (Å²) in [6.07, 6.45) is 20.7. The standard InChI is InChI=1S/C28H31BF2N5O2.C27H29BF2N5O3.C22H28BClFN4O.C12H24B2O4.C6H5BrFNO.C5H4BrNO.CH2BrF.CH2Cl2/c1-18-11-22(19-7-10-35(17-30)26(38)12-19)23(31)13-21(18)24-5-6-25(33-32-24)34(4)20-14-27(2)8-9-28(3,15-20)36(27)29-16-37;1-26-7-8-27(2,35(26)28-15-36)14-18(13-26)33(3)24-5-4-22(31-32-24)20-11-21(30)19(12-23(20)37)17-6-9-34(16-29)25(38)10-17;1-14-9-17(24)18(25)10-16(14)19-5-6-20(27-26-19)28(4)15-11-21(2)7-8-22(3,12-15)29(21)23-13-30;1-9(2)10(3,4)16-13(15-9)14-17-11(5,6)12(7,8)18-14;7-5-1-2-9(4-8)6(10)3-5;6-4-1-2-7-5(8)3-4;2*2-1-3/h5-7,10-13,16,20H,8-9,14-15,17H2,1-4H3;4-6,9-12,15,18,37H,7-8,13-14,16H2,1-3H3;5-6,9,13,15,18H,7-8,10-12H2,1-4H3;1-8H3;1-3H,4H2;1-3H,(H,7,8);2*1H2/t20?,27-,28+;18?,26-,27+;15?,18?,21-,22+;;;;;. The molecule has 1 aliphatic carbocycles. The fourth-order valence-electron chi connectivity index (χ4n) is 21.2. The van der Waals surface area contributed by atoms with E-state index in [9.17, 15) is 60.6 Å². The number of alkyl halides is 8. The minimum absolute atomic E-state index is 0.0217. The zero-order valence-electron chi connectivity index (χ0n) is 86.5. The van der Waals surface area contributed by atoms with E-state index in [1.54, 1.807) is 64.8 Å².